The van der Waals surface area contributed by atoms with E-state index in [4.69, 9.17) is 11.6 Å². The summed E-state index contributed by atoms with van der Waals surface area (Å²) in [6.45, 7) is 2.92. The zero-order valence-electron chi connectivity index (χ0n) is 11.7. The van der Waals surface area contributed by atoms with Crippen LogP contribution in [-0.2, 0) is 13.5 Å². The Kier molecular flexibility index (Phi) is 5.15. The van der Waals surface area contributed by atoms with E-state index in [2.05, 4.69) is 17.3 Å². The second kappa shape index (κ2) is 6.86. The largest absolute Gasteiger partial charge is 0.310 e. The SMILES string of the molecule is CCCNC(Cc1cnn(C)c1)c1cccc(Cl)c1F. The predicted molar refractivity (Wildman–Crippen MR) is 79.4 cm³/mol. The molecule has 0 saturated heterocycles. The molecule has 0 spiro atoms. The molecule has 20 heavy (non-hydrogen) atoms. The molecule has 1 atom stereocenters. The number of nitrogens with zero attached hydrogens (tertiary/aromatic N) is 2. The number of halogens is 2. The molecule has 2 aromatic rings. The maximum Gasteiger partial charge on any atom is 0.146 e. The summed E-state index contributed by atoms with van der Waals surface area (Å²) in [5, 5.41) is 7.69. The zero-order chi connectivity index (χ0) is 14.5. The van der Waals surface area contributed by atoms with Gasteiger partial charge in [-0.3, -0.25) is 4.68 Å². The van der Waals surface area contributed by atoms with Crippen molar-refractivity contribution >= 4 is 11.6 Å². The molecule has 2 rings (SSSR count). The van der Waals surface area contributed by atoms with Crippen molar-refractivity contribution in [2.75, 3.05) is 6.54 Å². The van der Waals surface area contributed by atoms with Crippen molar-refractivity contribution in [3.63, 3.8) is 0 Å². The molecule has 0 bridgehead atoms. The normalized spacial score (nSPS) is 12.6. The lowest BCUT2D eigenvalue weighted by Crippen LogP contribution is -2.25. The van der Waals surface area contributed by atoms with Crippen molar-refractivity contribution in [3.8, 4) is 0 Å². The molecule has 0 fully saturated rings. The van der Waals surface area contributed by atoms with Crippen LogP contribution in [0.5, 0.6) is 0 Å². The Bertz CT molecular complexity index is 568. The molecule has 0 saturated carbocycles. The Morgan fingerprint density at radius 3 is 2.90 bits per heavy atom. The fourth-order valence-electron chi connectivity index (χ4n) is 2.21. The summed E-state index contributed by atoms with van der Waals surface area (Å²) in [6, 6.07) is 5.04. The lowest BCUT2D eigenvalue weighted by atomic mass is 10.00. The molecular weight excluding hydrogens is 277 g/mol. The van der Waals surface area contributed by atoms with Gasteiger partial charge in [-0.25, -0.2) is 4.39 Å². The van der Waals surface area contributed by atoms with Crippen LogP contribution in [-0.4, -0.2) is 16.3 Å². The van der Waals surface area contributed by atoms with Crippen molar-refractivity contribution in [2.45, 2.75) is 25.8 Å². The molecule has 0 aliphatic heterocycles. The van der Waals surface area contributed by atoms with Crippen molar-refractivity contribution in [1.29, 1.82) is 0 Å². The van der Waals surface area contributed by atoms with Crippen molar-refractivity contribution in [3.05, 3.63) is 52.6 Å². The van der Waals surface area contributed by atoms with Gasteiger partial charge < -0.3 is 5.32 Å². The summed E-state index contributed by atoms with van der Waals surface area (Å²) in [6.07, 6.45) is 5.43. The van der Waals surface area contributed by atoms with Gasteiger partial charge in [0.2, 0.25) is 0 Å². The standard InChI is InChI=1S/C15H19ClFN3/c1-3-7-18-14(8-11-9-19-20(2)10-11)12-5-4-6-13(16)15(12)17/h4-6,9-10,14,18H,3,7-8H2,1-2H3. The van der Waals surface area contributed by atoms with Crippen LogP contribution in [0.25, 0.3) is 0 Å². The van der Waals surface area contributed by atoms with Gasteiger partial charge >= 0.3 is 0 Å². The van der Waals surface area contributed by atoms with Gasteiger partial charge in [0.15, 0.2) is 0 Å². The van der Waals surface area contributed by atoms with Gasteiger partial charge in [0.1, 0.15) is 5.82 Å². The molecule has 1 N–H and O–H groups in total. The molecule has 0 amide bonds. The first kappa shape index (κ1) is 15.0. The lowest BCUT2D eigenvalue weighted by Gasteiger charge is -2.19. The zero-order valence-corrected chi connectivity index (χ0v) is 12.5. The van der Waals surface area contributed by atoms with Crippen LogP contribution in [0.1, 0.15) is 30.5 Å². The summed E-state index contributed by atoms with van der Waals surface area (Å²) in [5.41, 5.74) is 1.68. The summed E-state index contributed by atoms with van der Waals surface area (Å²) < 4.78 is 15.9. The molecule has 0 aliphatic rings. The van der Waals surface area contributed by atoms with E-state index in [1.807, 2.05) is 19.4 Å². The molecule has 0 radical (unpaired) electrons. The highest BCUT2D eigenvalue weighted by molar-refractivity contribution is 6.30. The lowest BCUT2D eigenvalue weighted by molar-refractivity contribution is 0.497. The fraction of sp³-hybridized carbons (Fsp3) is 0.400. The van der Waals surface area contributed by atoms with E-state index < -0.39 is 0 Å². The summed E-state index contributed by atoms with van der Waals surface area (Å²) in [4.78, 5) is 0. The van der Waals surface area contributed by atoms with E-state index in [9.17, 15) is 4.39 Å². The van der Waals surface area contributed by atoms with E-state index in [1.54, 1.807) is 22.9 Å². The molecule has 1 aromatic heterocycles. The summed E-state index contributed by atoms with van der Waals surface area (Å²) >= 11 is 5.88. The van der Waals surface area contributed by atoms with Gasteiger partial charge in [-0.2, -0.15) is 5.10 Å². The van der Waals surface area contributed by atoms with Crippen LogP contribution >= 0.6 is 11.6 Å². The van der Waals surface area contributed by atoms with Crippen molar-refractivity contribution < 1.29 is 4.39 Å². The highest BCUT2D eigenvalue weighted by atomic mass is 35.5. The molecule has 5 heteroatoms. The van der Waals surface area contributed by atoms with Gasteiger partial charge in [0.05, 0.1) is 11.2 Å². The molecule has 1 unspecified atom stereocenters. The minimum absolute atomic E-state index is 0.0992. The van der Waals surface area contributed by atoms with E-state index in [0.29, 0.717) is 12.0 Å². The molecule has 3 nitrogen and oxygen atoms in total. The average molecular weight is 296 g/mol. The predicted octanol–water partition coefficient (Wildman–Crippen LogP) is 3.50. The third-order valence-electron chi connectivity index (χ3n) is 3.20. The van der Waals surface area contributed by atoms with Crippen LogP contribution in [0.2, 0.25) is 5.02 Å². The summed E-state index contributed by atoms with van der Waals surface area (Å²) in [5.74, 6) is -0.341. The number of nitrogens with one attached hydrogen (secondary N) is 1. The number of benzene rings is 1. The molecule has 108 valence electrons. The van der Waals surface area contributed by atoms with Crippen molar-refractivity contribution in [2.24, 2.45) is 7.05 Å². The smallest absolute Gasteiger partial charge is 0.146 e. The highest BCUT2D eigenvalue weighted by Gasteiger charge is 2.18. The second-order valence-corrected chi connectivity index (χ2v) is 5.28. The van der Waals surface area contributed by atoms with Crippen LogP contribution < -0.4 is 5.32 Å². The molecule has 0 aliphatic carbocycles. The van der Waals surface area contributed by atoms with Crippen LogP contribution in [0.3, 0.4) is 0 Å². The first-order valence-corrected chi connectivity index (χ1v) is 7.14. The molecule has 1 heterocycles. The number of aryl methyl sites for hydroxylation is 1. The highest BCUT2D eigenvalue weighted by Crippen LogP contribution is 2.25. The Labute approximate surface area is 123 Å². The summed E-state index contributed by atoms with van der Waals surface area (Å²) in [7, 11) is 1.87. The molecule has 1 aromatic carbocycles. The van der Waals surface area contributed by atoms with Gasteiger partial charge in [-0.1, -0.05) is 30.7 Å². The van der Waals surface area contributed by atoms with E-state index in [-0.39, 0.29) is 16.9 Å². The minimum atomic E-state index is -0.341. The topological polar surface area (TPSA) is 29.9 Å². The van der Waals surface area contributed by atoms with Gasteiger partial charge in [-0.05, 0) is 31.0 Å². The van der Waals surface area contributed by atoms with Crippen LogP contribution in [0.4, 0.5) is 4.39 Å². The van der Waals surface area contributed by atoms with Crippen molar-refractivity contribution in [1.82, 2.24) is 15.1 Å². The van der Waals surface area contributed by atoms with Crippen LogP contribution in [0, 0.1) is 5.82 Å². The van der Waals surface area contributed by atoms with E-state index in [1.165, 1.54) is 0 Å². The molecular formula is C15H19ClFN3. The van der Waals surface area contributed by atoms with Gasteiger partial charge in [0.25, 0.3) is 0 Å². The Morgan fingerprint density at radius 1 is 1.45 bits per heavy atom. The van der Waals surface area contributed by atoms with Gasteiger partial charge in [-0.15, -0.1) is 0 Å². The Hall–Kier alpha value is -1.39. The number of aromatic nitrogens is 2. The number of hydrogen-bond donors (Lipinski definition) is 1. The number of hydrogen-bond acceptors (Lipinski definition) is 2. The Balaban J connectivity index is 2.24. The third-order valence-corrected chi connectivity index (χ3v) is 3.49. The van der Waals surface area contributed by atoms with E-state index in [0.717, 1.165) is 18.5 Å². The van der Waals surface area contributed by atoms with Gasteiger partial charge in [0, 0.05) is 24.8 Å². The monoisotopic (exact) mass is 295 g/mol. The van der Waals surface area contributed by atoms with E-state index >= 15 is 0 Å². The fourth-order valence-corrected chi connectivity index (χ4v) is 2.40. The average Bonchev–Trinajstić information content (AvgIpc) is 2.83. The third kappa shape index (κ3) is 3.58. The minimum Gasteiger partial charge on any atom is -0.310 e. The first-order valence-electron chi connectivity index (χ1n) is 6.76. The quantitative estimate of drug-likeness (QED) is 0.884. The maximum atomic E-state index is 14.2. The van der Waals surface area contributed by atoms with Crippen LogP contribution in [0.15, 0.2) is 30.6 Å². The first-order chi connectivity index (χ1) is 9.61. The Morgan fingerprint density at radius 2 is 2.25 bits per heavy atom. The maximum absolute atomic E-state index is 14.2. The second-order valence-electron chi connectivity index (χ2n) is 4.88. The number of rotatable bonds is 6.